The number of β-amino-alcohol motifs (C(OH)–C–C–N with tert-alkyl or cyclic N) is 1. The van der Waals surface area contributed by atoms with Gasteiger partial charge in [0.15, 0.2) is 0 Å². The van der Waals surface area contributed by atoms with Gasteiger partial charge in [-0.25, -0.2) is 0 Å². The molecule has 0 radical (unpaired) electrons. The second-order valence-corrected chi connectivity index (χ2v) is 6.99. The van der Waals surface area contributed by atoms with Crippen LogP contribution in [0.1, 0.15) is 64.2 Å². The molecule has 2 heteroatoms. The first-order valence-electron chi connectivity index (χ1n) is 7.65. The van der Waals surface area contributed by atoms with Gasteiger partial charge in [0.25, 0.3) is 0 Å². The third-order valence-electron chi connectivity index (χ3n) is 5.33. The minimum atomic E-state index is -0.350. The molecule has 1 spiro atoms. The first-order chi connectivity index (χ1) is 8.20. The highest BCUT2D eigenvalue weighted by Crippen LogP contribution is 2.46. The van der Waals surface area contributed by atoms with Crippen molar-refractivity contribution < 1.29 is 5.11 Å². The normalized spacial score (nSPS) is 32.3. The van der Waals surface area contributed by atoms with Crippen molar-refractivity contribution in [3.8, 4) is 0 Å². The molecule has 0 aromatic rings. The van der Waals surface area contributed by atoms with Crippen molar-refractivity contribution in [2.24, 2.45) is 5.41 Å². The molecule has 98 valence electrons. The second kappa shape index (κ2) is 4.55. The van der Waals surface area contributed by atoms with Crippen LogP contribution >= 0.6 is 0 Å². The largest absolute Gasteiger partial charge is 0.389 e. The fraction of sp³-hybridized carbons (Fsp3) is 1.00. The highest BCUT2D eigenvalue weighted by molar-refractivity contribution is 5.00. The van der Waals surface area contributed by atoms with E-state index in [1.807, 2.05) is 0 Å². The molecule has 0 bridgehead atoms. The van der Waals surface area contributed by atoms with Crippen molar-refractivity contribution in [2.75, 3.05) is 19.6 Å². The number of hydrogen-bond acceptors (Lipinski definition) is 2. The molecule has 3 rings (SSSR count). The highest BCUT2D eigenvalue weighted by Gasteiger charge is 2.46. The van der Waals surface area contributed by atoms with E-state index >= 15 is 0 Å². The zero-order chi connectivity index (χ0) is 11.8. The predicted molar refractivity (Wildman–Crippen MR) is 70.0 cm³/mol. The predicted octanol–water partition coefficient (Wildman–Crippen LogP) is 2.95. The summed E-state index contributed by atoms with van der Waals surface area (Å²) in [4.78, 5) is 2.52. The van der Waals surface area contributed by atoms with Gasteiger partial charge in [-0.15, -0.1) is 0 Å². The first-order valence-corrected chi connectivity index (χ1v) is 7.65. The van der Waals surface area contributed by atoms with E-state index in [0.29, 0.717) is 5.41 Å². The molecule has 0 atom stereocenters. The van der Waals surface area contributed by atoms with Gasteiger partial charge < -0.3 is 5.11 Å². The Balaban J connectivity index is 1.50. The summed E-state index contributed by atoms with van der Waals surface area (Å²) >= 11 is 0. The smallest absolute Gasteiger partial charge is 0.0774 e. The summed E-state index contributed by atoms with van der Waals surface area (Å²) in [5.41, 5.74) is 0.331. The van der Waals surface area contributed by atoms with Crippen LogP contribution in [0.15, 0.2) is 0 Å². The monoisotopic (exact) mass is 237 g/mol. The van der Waals surface area contributed by atoms with Crippen LogP contribution in [0.25, 0.3) is 0 Å². The van der Waals surface area contributed by atoms with Crippen molar-refractivity contribution in [1.29, 1.82) is 0 Å². The lowest BCUT2D eigenvalue weighted by molar-refractivity contribution is -0.0719. The Labute approximate surface area is 105 Å². The Morgan fingerprint density at radius 1 is 0.765 bits per heavy atom. The Hall–Kier alpha value is -0.0800. The summed E-state index contributed by atoms with van der Waals surface area (Å²) in [5.74, 6) is 0. The van der Waals surface area contributed by atoms with Crippen LogP contribution in [-0.4, -0.2) is 35.2 Å². The third-order valence-corrected chi connectivity index (χ3v) is 5.33. The summed E-state index contributed by atoms with van der Waals surface area (Å²) in [5, 5.41) is 10.7. The molecule has 2 saturated carbocycles. The number of hydrogen-bond donors (Lipinski definition) is 1. The van der Waals surface area contributed by atoms with Crippen molar-refractivity contribution in [3.05, 3.63) is 0 Å². The van der Waals surface area contributed by atoms with Gasteiger partial charge >= 0.3 is 0 Å². The minimum Gasteiger partial charge on any atom is -0.389 e. The van der Waals surface area contributed by atoms with E-state index in [1.54, 1.807) is 0 Å². The van der Waals surface area contributed by atoms with E-state index in [2.05, 4.69) is 4.90 Å². The van der Waals surface area contributed by atoms with Gasteiger partial charge in [0.2, 0.25) is 0 Å². The molecule has 3 fully saturated rings. The van der Waals surface area contributed by atoms with Gasteiger partial charge in [0, 0.05) is 19.6 Å². The zero-order valence-electron chi connectivity index (χ0n) is 11.1. The summed E-state index contributed by atoms with van der Waals surface area (Å²) < 4.78 is 0. The topological polar surface area (TPSA) is 23.5 Å². The first kappa shape index (κ1) is 12.0. The maximum atomic E-state index is 10.7. The standard InChI is InChI=1S/C15H27NO/c17-15(9-3-1-2-4-10-15)13-16-11-14(12-16)7-5-6-8-14/h17H,1-13H2. The molecule has 2 aliphatic carbocycles. The Kier molecular flexibility index (Phi) is 3.20. The van der Waals surface area contributed by atoms with Crippen molar-refractivity contribution >= 4 is 0 Å². The minimum absolute atomic E-state index is 0.350. The van der Waals surface area contributed by atoms with Crippen LogP contribution < -0.4 is 0 Å². The number of rotatable bonds is 2. The van der Waals surface area contributed by atoms with Crippen LogP contribution in [0.3, 0.4) is 0 Å². The zero-order valence-corrected chi connectivity index (χ0v) is 11.1. The van der Waals surface area contributed by atoms with Crippen molar-refractivity contribution in [2.45, 2.75) is 69.8 Å². The van der Waals surface area contributed by atoms with E-state index in [1.165, 1.54) is 64.5 Å². The molecular formula is C15H27NO. The summed E-state index contributed by atoms with van der Waals surface area (Å²) in [6.45, 7) is 3.50. The fourth-order valence-corrected chi connectivity index (χ4v) is 4.42. The van der Waals surface area contributed by atoms with Crippen molar-refractivity contribution in [3.63, 3.8) is 0 Å². The van der Waals surface area contributed by atoms with Gasteiger partial charge in [-0.05, 0) is 31.1 Å². The van der Waals surface area contributed by atoms with E-state index in [0.717, 1.165) is 19.4 Å². The molecule has 2 nitrogen and oxygen atoms in total. The SMILES string of the molecule is OC1(CN2CC3(CCCC3)C2)CCCCCC1. The maximum Gasteiger partial charge on any atom is 0.0774 e. The van der Waals surface area contributed by atoms with Gasteiger partial charge in [-0.3, -0.25) is 4.90 Å². The average molecular weight is 237 g/mol. The van der Waals surface area contributed by atoms with E-state index in [9.17, 15) is 5.11 Å². The molecule has 3 aliphatic rings. The third kappa shape index (κ3) is 2.53. The molecular weight excluding hydrogens is 210 g/mol. The lowest BCUT2D eigenvalue weighted by atomic mass is 9.77. The van der Waals surface area contributed by atoms with E-state index in [-0.39, 0.29) is 5.60 Å². The molecule has 0 amide bonds. The molecule has 0 unspecified atom stereocenters. The molecule has 0 aromatic heterocycles. The van der Waals surface area contributed by atoms with Gasteiger partial charge in [-0.2, -0.15) is 0 Å². The summed E-state index contributed by atoms with van der Waals surface area (Å²) in [7, 11) is 0. The molecule has 0 aromatic carbocycles. The molecule has 1 saturated heterocycles. The number of nitrogens with zero attached hydrogens (tertiary/aromatic N) is 1. The Bertz CT molecular complexity index is 254. The van der Waals surface area contributed by atoms with E-state index < -0.39 is 0 Å². The highest BCUT2D eigenvalue weighted by atomic mass is 16.3. The van der Waals surface area contributed by atoms with Crippen LogP contribution in [0, 0.1) is 5.41 Å². The second-order valence-electron chi connectivity index (χ2n) is 6.99. The van der Waals surface area contributed by atoms with Gasteiger partial charge in [0.05, 0.1) is 5.60 Å². The van der Waals surface area contributed by atoms with Crippen LogP contribution in [0.5, 0.6) is 0 Å². The molecule has 1 aliphatic heterocycles. The Morgan fingerprint density at radius 2 is 1.29 bits per heavy atom. The molecule has 1 heterocycles. The quantitative estimate of drug-likeness (QED) is 0.746. The average Bonchev–Trinajstić information content (AvgIpc) is 2.63. The van der Waals surface area contributed by atoms with Gasteiger partial charge in [-0.1, -0.05) is 38.5 Å². The Morgan fingerprint density at radius 3 is 1.88 bits per heavy atom. The number of likely N-dealkylation sites (tertiary alicyclic amines) is 1. The lowest BCUT2D eigenvalue weighted by Crippen LogP contribution is -2.59. The van der Waals surface area contributed by atoms with Gasteiger partial charge in [0.1, 0.15) is 0 Å². The van der Waals surface area contributed by atoms with Crippen LogP contribution in [0.2, 0.25) is 0 Å². The molecule has 17 heavy (non-hydrogen) atoms. The van der Waals surface area contributed by atoms with Crippen molar-refractivity contribution in [1.82, 2.24) is 4.90 Å². The van der Waals surface area contributed by atoms with Crippen LogP contribution in [-0.2, 0) is 0 Å². The summed E-state index contributed by atoms with van der Waals surface area (Å²) in [6.07, 6.45) is 13.0. The van der Waals surface area contributed by atoms with E-state index in [4.69, 9.17) is 0 Å². The summed E-state index contributed by atoms with van der Waals surface area (Å²) in [6, 6.07) is 0. The van der Waals surface area contributed by atoms with Crippen LogP contribution in [0.4, 0.5) is 0 Å². The molecule has 1 N–H and O–H groups in total. The lowest BCUT2D eigenvalue weighted by Gasteiger charge is -2.51. The maximum absolute atomic E-state index is 10.7. The number of aliphatic hydroxyl groups is 1. The fourth-order valence-electron chi connectivity index (χ4n) is 4.42.